The fraction of sp³-hybridized carbons (Fsp3) is 0.211. The molecular weight excluding hydrogens is 375 g/mol. The van der Waals surface area contributed by atoms with Crippen molar-refractivity contribution in [1.29, 1.82) is 0 Å². The van der Waals surface area contributed by atoms with E-state index in [4.69, 9.17) is 5.73 Å². The van der Waals surface area contributed by atoms with Crippen LogP contribution in [0.3, 0.4) is 0 Å². The molecule has 0 heterocycles. The van der Waals surface area contributed by atoms with Gasteiger partial charge in [0, 0.05) is 6.07 Å². The van der Waals surface area contributed by atoms with E-state index in [0.717, 1.165) is 29.2 Å². The largest absolute Gasteiger partial charge is 0.344 e. The Morgan fingerprint density at radius 2 is 1.57 bits per heavy atom. The van der Waals surface area contributed by atoms with Crippen molar-refractivity contribution in [2.75, 3.05) is 11.4 Å². The van der Waals surface area contributed by atoms with Gasteiger partial charge in [-0.2, -0.15) is 0 Å². The Labute approximate surface area is 159 Å². The Bertz CT molecular complexity index is 867. The average Bonchev–Trinajstić information content (AvgIpc) is 2.62. The summed E-state index contributed by atoms with van der Waals surface area (Å²) in [6.45, 7) is 0.860. The van der Waals surface area contributed by atoms with Gasteiger partial charge in [-0.15, -0.1) is 0 Å². The number of anilines is 1. The number of nitrogens with one attached hydrogen (secondary N) is 1. The molecule has 0 saturated heterocycles. The zero-order valence-electron chi connectivity index (χ0n) is 14.9. The molecule has 0 unspecified atom stereocenters. The van der Waals surface area contributed by atoms with Gasteiger partial charge >= 0.3 is 0 Å². The first kappa shape index (κ1) is 21.1. The molecule has 2 rings (SSSR count). The van der Waals surface area contributed by atoms with Crippen molar-refractivity contribution >= 4 is 23.4 Å². The van der Waals surface area contributed by atoms with E-state index in [9.17, 15) is 27.6 Å². The third-order valence-electron chi connectivity index (χ3n) is 3.76. The van der Waals surface area contributed by atoms with Crippen LogP contribution in [0.2, 0.25) is 0 Å². The molecule has 2 aromatic carbocycles. The maximum atomic E-state index is 13.2. The molecule has 148 valence electrons. The van der Waals surface area contributed by atoms with Crippen LogP contribution in [0, 0.1) is 17.5 Å². The molecule has 0 radical (unpaired) electrons. The molecule has 0 aliphatic carbocycles. The maximum Gasteiger partial charge on any atom is 0.256 e. The second-order valence-electron chi connectivity index (χ2n) is 5.99. The van der Waals surface area contributed by atoms with Gasteiger partial charge in [-0.1, -0.05) is 0 Å². The molecule has 0 fully saturated rings. The molecule has 0 aliphatic heterocycles. The van der Waals surface area contributed by atoms with E-state index in [0.29, 0.717) is 6.07 Å². The fourth-order valence-corrected chi connectivity index (χ4v) is 2.52. The van der Waals surface area contributed by atoms with Gasteiger partial charge in [0.2, 0.25) is 11.8 Å². The Morgan fingerprint density at radius 1 is 1.00 bits per heavy atom. The van der Waals surface area contributed by atoms with Crippen LogP contribution in [-0.4, -0.2) is 30.3 Å². The minimum Gasteiger partial charge on any atom is -0.344 e. The van der Waals surface area contributed by atoms with Crippen LogP contribution in [0.15, 0.2) is 42.5 Å². The highest BCUT2D eigenvalue weighted by Crippen LogP contribution is 2.16. The lowest BCUT2D eigenvalue weighted by atomic mass is 10.1. The second-order valence-corrected chi connectivity index (χ2v) is 5.99. The minimum absolute atomic E-state index is 0.0862. The van der Waals surface area contributed by atoms with Gasteiger partial charge in [0.1, 0.15) is 23.5 Å². The Hall–Kier alpha value is -3.20. The number of hydrogen-bond acceptors (Lipinski definition) is 4. The third-order valence-corrected chi connectivity index (χ3v) is 3.76. The zero-order valence-corrected chi connectivity index (χ0v) is 14.9. The number of carbonyl (C=O) groups excluding carboxylic acids is 3. The number of benzene rings is 2. The lowest BCUT2D eigenvalue weighted by molar-refractivity contribution is -0.130. The second kappa shape index (κ2) is 9.14. The monoisotopic (exact) mass is 393 g/mol. The van der Waals surface area contributed by atoms with E-state index in [-0.39, 0.29) is 17.7 Å². The minimum atomic E-state index is -1.15. The highest BCUT2D eigenvalue weighted by Gasteiger charge is 2.28. The first-order valence-electron chi connectivity index (χ1n) is 8.28. The molecule has 0 saturated carbocycles. The molecule has 0 spiro atoms. The van der Waals surface area contributed by atoms with Crippen molar-refractivity contribution in [1.82, 2.24) is 5.32 Å². The predicted molar refractivity (Wildman–Crippen MR) is 95.6 cm³/mol. The number of carbonyl (C=O) groups is 3. The van der Waals surface area contributed by atoms with Crippen LogP contribution in [0.1, 0.15) is 12.5 Å². The van der Waals surface area contributed by atoms with Gasteiger partial charge in [0.25, 0.3) is 5.91 Å². The van der Waals surface area contributed by atoms with E-state index in [1.807, 2.05) is 0 Å². The first-order chi connectivity index (χ1) is 13.2. The summed E-state index contributed by atoms with van der Waals surface area (Å²) < 4.78 is 39.5. The van der Waals surface area contributed by atoms with E-state index >= 15 is 0 Å². The normalized spacial score (nSPS) is 11.6. The quantitative estimate of drug-likeness (QED) is 0.781. The van der Waals surface area contributed by atoms with Crippen LogP contribution in [0.5, 0.6) is 0 Å². The lowest BCUT2D eigenvalue weighted by Gasteiger charge is -2.24. The smallest absolute Gasteiger partial charge is 0.256 e. The SMILES string of the molecule is C[C@H](NC(=O)Cc1cc(F)cc(F)c1)C(=O)N(C(=O)CN)c1ccc(F)cc1. The highest BCUT2D eigenvalue weighted by molar-refractivity contribution is 6.17. The molecule has 6 nitrogen and oxygen atoms in total. The van der Waals surface area contributed by atoms with E-state index in [1.165, 1.54) is 19.1 Å². The van der Waals surface area contributed by atoms with Crippen molar-refractivity contribution in [3.8, 4) is 0 Å². The molecule has 2 aromatic rings. The summed E-state index contributed by atoms with van der Waals surface area (Å²) in [5.41, 5.74) is 5.51. The number of rotatable bonds is 6. The van der Waals surface area contributed by atoms with Gasteiger partial charge < -0.3 is 11.1 Å². The number of amides is 3. The third kappa shape index (κ3) is 5.40. The van der Waals surface area contributed by atoms with Gasteiger partial charge in [-0.05, 0) is 48.9 Å². The standard InChI is InChI=1S/C19H18F3N3O3/c1-11(24-17(26)8-12-6-14(21)9-15(22)7-12)19(28)25(18(27)10-23)16-4-2-13(20)3-5-16/h2-7,9,11H,8,10,23H2,1H3,(H,24,26)/t11-/m0/s1. The van der Waals surface area contributed by atoms with Crippen molar-refractivity contribution < 1.29 is 27.6 Å². The Morgan fingerprint density at radius 3 is 2.11 bits per heavy atom. The molecule has 0 aromatic heterocycles. The highest BCUT2D eigenvalue weighted by atomic mass is 19.1. The van der Waals surface area contributed by atoms with Gasteiger partial charge in [0.15, 0.2) is 0 Å². The molecule has 0 aliphatic rings. The summed E-state index contributed by atoms with van der Waals surface area (Å²) in [7, 11) is 0. The van der Waals surface area contributed by atoms with Gasteiger partial charge in [-0.3, -0.25) is 14.4 Å². The van der Waals surface area contributed by atoms with Crippen LogP contribution >= 0.6 is 0 Å². The number of halogens is 3. The number of imide groups is 1. The summed E-state index contributed by atoms with van der Waals surface area (Å²) in [5.74, 6) is -4.43. The predicted octanol–water partition coefficient (Wildman–Crippen LogP) is 1.67. The van der Waals surface area contributed by atoms with E-state index in [1.54, 1.807) is 0 Å². The van der Waals surface area contributed by atoms with E-state index < -0.39 is 47.8 Å². The first-order valence-corrected chi connectivity index (χ1v) is 8.28. The summed E-state index contributed by atoms with van der Waals surface area (Å²) in [4.78, 5) is 37.6. The fourth-order valence-electron chi connectivity index (χ4n) is 2.52. The topological polar surface area (TPSA) is 92.5 Å². The summed E-state index contributed by atoms with van der Waals surface area (Å²) >= 11 is 0. The summed E-state index contributed by atoms with van der Waals surface area (Å²) in [6, 6.07) is 6.12. The summed E-state index contributed by atoms with van der Waals surface area (Å²) in [6.07, 6.45) is -0.367. The van der Waals surface area contributed by atoms with Crippen LogP contribution in [-0.2, 0) is 20.8 Å². The number of nitrogens with zero attached hydrogens (tertiary/aromatic N) is 1. The number of nitrogens with two attached hydrogens (primary N) is 1. The summed E-state index contributed by atoms with van der Waals surface area (Å²) in [5, 5.41) is 2.37. The number of hydrogen-bond donors (Lipinski definition) is 2. The lowest BCUT2D eigenvalue weighted by Crippen LogP contribution is -2.51. The van der Waals surface area contributed by atoms with Crippen LogP contribution in [0.25, 0.3) is 0 Å². The maximum absolute atomic E-state index is 13.2. The van der Waals surface area contributed by atoms with Crippen molar-refractivity contribution in [3.63, 3.8) is 0 Å². The van der Waals surface area contributed by atoms with Gasteiger partial charge in [0.05, 0.1) is 18.7 Å². The van der Waals surface area contributed by atoms with Gasteiger partial charge in [-0.25, -0.2) is 18.1 Å². The molecular formula is C19H18F3N3O3. The molecule has 3 N–H and O–H groups in total. The Kier molecular flexibility index (Phi) is 6.89. The average molecular weight is 393 g/mol. The van der Waals surface area contributed by atoms with Crippen molar-refractivity contribution in [2.24, 2.45) is 5.73 Å². The molecule has 0 bridgehead atoms. The Balaban J connectivity index is 2.12. The van der Waals surface area contributed by atoms with E-state index in [2.05, 4.69) is 5.32 Å². The van der Waals surface area contributed by atoms with Crippen LogP contribution < -0.4 is 16.0 Å². The molecule has 28 heavy (non-hydrogen) atoms. The molecule has 9 heteroatoms. The molecule has 3 amide bonds. The van der Waals surface area contributed by atoms with Crippen molar-refractivity contribution in [3.05, 3.63) is 65.5 Å². The molecule has 1 atom stereocenters. The zero-order chi connectivity index (χ0) is 20.8. The van der Waals surface area contributed by atoms with Crippen molar-refractivity contribution in [2.45, 2.75) is 19.4 Å². The van der Waals surface area contributed by atoms with Crippen LogP contribution in [0.4, 0.5) is 18.9 Å².